The van der Waals surface area contributed by atoms with Crippen LogP contribution in [0.15, 0.2) is 36.7 Å². The van der Waals surface area contributed by atoms with Gasteiger partial charge in [-0.2, -0.15) is 0 Å². The van der Waals surface area contributed by atoms with Gasteiger partial charge in [-0.1, -0.05) is 32.1 Å². The number of rotatable bonds is 3. The van der Waals surface area contributed by atoms with E-state index in [0.29, 0.717) is 11.7 Å². The summed E-state index contributed by atoms with van der Waals surface area (Å²) in [4.78, 5) is 16.4. The van der Waals surface area contributed by atoms with E-state index in [4.69, 9.17) is 0 Å². The minimum absolute atomic E-state index is 0.102. The third kappa shape index (κ3) is 2.82. The molecule has 0 aliphatic heterocycles. The number of ketones is 1. The fraction of sp³-hybridized carbons (Fsp3) is 0.467. The van der Waals surface area contributed by atoms with Gasteiger partial charge in [0.1, 0.15) is 5.78 Å². The Bertz CT molecular complexity index is 408. The van der Waals surface area contributed by atoms with Crippen LogP contribution in [-0.2, 0) is 11.2 Å². The predicted molar refractivity (Wildman–Crippen MR) is 68.5 cm³/mol. The van der Waals surface area contributed by atoms with E-state index in [1.165, 1.54) is 0 Å². The second kappa shape index (κ2) is 5.26. The van der Waals surface area contributed by atoms with Crippen LogP contribution in [0.25, 0.3) is 0 Å². The molecule has 2 heteroatoms. The smallest absolute Gasteiger partial charge is 0.143 e. The summed E-state index contributed by atoms with van der Waals surface area (Å²) in [6, 6.07) is 3.97. The molecule has 2 rings (SSSR count). The molecular weight excluding hydrogens is 210 g/mol. The van der Waals surface area contributed by atoms with Gasteiger partial charge in [0.05, 0.1) is 0 Å². The molecule has 90 valence electrons. The van der Waals surface area contributed by atoms with Crippen LogP contribution >= 0.6 is 0 Å². The normalized spacial score (nSPS) is 24.3. The van der Waals surface area contributed by atoms with Crippen molar-refractivity contribution in [1.82, 2.24) is 4.98 Å². The van der Waals surface area contributed by atoms with Crippen molar-refractivity contribution >= 4 is 5.78 Å². The Hall–Kier alpha value is -1.44. The highest BCUT2D eigenvalue weighted by atomic mass is 16.1. The maximum atomic E-state index is 12.3. The summed E-state index contributed by atoms with van der Waals surface area (Å²) in [7, 11) is 0. The van der Waals surface area contributed by atoms with Crippen LogP contribution in [0.5, 0.6) is 0 Å². The number of pyridine rings is 1. The first-order valence-electron chi connectivity index (χ1n) is 6.27. The number of Topliss-reactive ketones (excluding diaryl/α,β-unsaturated/α-hetero) is 1. The molecule has 0 bridgehead atoms. The van der Waals surface area contributed by atoms with E-state index in [1.807, 2.05) is 18.3 Å². The van der Waals surface area contributed by atoms with Gasteiger partial charge in [-0.25, -0.2) is 0 Å². The van der Waals surface area contributed by atoms with Gasteiger partial charge in [0, 0.05) is 24.2 Å². The molecule has 2 atom stereocenters. The highest BCUT2D eigenvalue weighted by molar-refractivity contribution is 5.86. The van der Waals surface area contributed by atoms with Crippen molar-refractivity contribution in [2.24, 2.45) is 17.8 Å². The third-order valence-corrected chi connectivity index (χ3v) is 3.42. The number of aromatic nitrogens is 1. The van der Waals surface area contributed by atoms with Crippen molar-refractivity contribution in [2.45, 2.75) is 26.7 Å². The minimum Gasteiger partial charge on any atom is -0.299 e. The van der Waals surface area contributed by atoms with Gasteiger partial charge in [-0.3, -0.25) is 9.78 Å². The Labute approximate surface area is 103 Å². The maximum Gasteiger partial charge on any atom is 0.143 e. The largest absolute Gasteiger partial charge is 0.299 e. The molecule has 0 amide bonds. The molecule has 1 aliphatic carbocycles. The average molecular weight is 229 g/mol. The molecule has 0 N–H and O–H groups in total. The van der Waals surface area contributed by atoms with E-state index in [0.717, 1.165) is 18.4 Å². The van der Waals surface area contributed by atoms with Crippen molar-refractivity contribution in [1.29, 1.82) is 0 Å². The first kappa shape index (κ1) is 12.0. The quantitative estimate of drug-likeness (QED) is 0.746. The number of nitrogens with zero attached hydrogens (tertiary/aromatic N) is 1. The molecule has 17 heavy (non-hydrogen) atoms. The molecule has 2 unspecified atom stereocenters. The third-order valence-electron chi connectivity index (χ3n) is 3.42. The lowest BCUT2D eigenvalue weighted by Gasteiger charge is -2.25. The predicted octanol–water partition coefficient (Wildman–Crippen LogP) is 3.04. The summed E-state index contributed by atoms with van der Waals surface area (Å²) >= 11 is 0. The Morgan fingerprint density at radius 3 is 2.94 bits per heavy atom. The zero-order valence-corrected chi connectivity index (χ0v) is 10.5. The summed E-state index contributed by atoms with van der Waals surface area (Å²) in [5, 5.41) is 0. The fourth-order valence-electron chi connectivity index (χ4n) is 2.41. The lowest BCUT2D eigenvalue weighted by atomic mass is 9.77. The van der Waals surface area contributed by atoms with Crippen LogP contribution in [-0.4, -0.2) is 10.8 Å². The average Bonchev–Trinajstić information content (AvgIpc) is 2.33. The lowest BCUT2D eigenvalue weighted by Crippen LogP contribution is -2.30. The van der Waals surface area contributed by atoms with Gasteiger partial charge in [0.25, 0.3) is 0 Å². The van der Waals surface area contributed by atoms with Crippen LogP contribution in [0.1, 0.15) is 25.8 Å². The molecule has 0 fully saturated rings. The molecular formula is C15H19NO. The molecule has 0 saturated carbocycles. The zero-order valence-electron chi connectivity index (χ0n) is 10.5. The van der Waals surface area contributed by atoms with Gasteiger partial charge in [0.2, 0.25) is 0 Å². The van der Waals surface area contributed by atoms with Crippen LogP contribution in [0.4, 0.5) is 0 Å². The van der Waals surface area contributed by atoms with Crippen molar-refractivity contribution in [3.8, 4) is 0 Å². The highest BCUT2D eigenvalue weighted by Crippen LogP contribution is 2.27. The van der Waals surface area contributed by atoms with Crippen molar-refractivity contribution in [3.63, 3.8) is 0 Å². The maximum absolute atomic E-state index is 12.3. The van der Waals surface area contributed by atoms with E-state index < -0.39 is 0 Å². The topological polar surface area (TPSA) is 30.0 Å². The molecule has 0 aromatic carbocycles. The SMILES string of the molecule is CC(C)C1C=CCC(Cc2cccnc2)C1=O. The van der Waals surface area contributed by atoms with Crippen LogP contribution in [0.3, 0.4) is 0 Å². The van der Waals surface area contributed by atoms with Gasteiger partial charge in [0.15, 0.2) is 0 Å². The molecule has 1 aromatic heterocycles. The number of hydrogen-bond donors (Lipinski definition) is 0. The number of carbonyl (C=O) groups is 1. The molecule has 2 nitrogen and oxygen atoms in total. The van der Waals surface area contributed by atoms with E-state index in [1.54, 1.807) is 6.20 Å². The monoisotopic (exact) mass is 229 g/mol. The van der Waals surface area contributed by atoms with E-state index in [2.05, 4.69) is 31.0 Å². The summed E-state index contributed by atoms with van der Waals surface area (Å²) in [5.41, 5.74) is 1.16. The van der Waals surface area contributed by atoms with E-state index >= 15 is 0 Å². The van der Waals surface area contributed by atoms with Crippen molar-refractivity contribution in [2.75, 3.05) is 0 Å². The molecule has 1 aromatic rings. The van der Waals surface area contributed by atoms with Crippen LogP contribution < -0.4 is 0 Å². The Morgan fingerprint density at radius 1 is 1.47 bits per heavy atom. The van der Waals surface area contributed by atoms with Gasteiger partial charge >= 0.3 is 0 Å². The fourth-order valence-corrected chi connectivity index (χ4v) is 2.41. The van der Waals surface area contributed by atoms with Crippen molar-refractivity contribution in [3.05, 3.63) is 42.2 Å². The zero-order chi connectivity index (χ0) is 12.3. The molecule has 0 radical (unpaired) electrons. The van der Waals surface area contributed by atoms with Crippen LogP contribution in [0.2, 0.25) is 0 Å². The summed E-state index contributed by atoms with van der Waals surface area (Å²) in [6.07, 6.45) is 9.55. The first-order chi connectivity index (χ1) is 8.18. The van der Waals surface area contributed by atoms with Crippen molar-refractivity contribution < 1.29 is 4.79 Å². The summed E-state index contributed by atoms with van der Waals surface area (Å²) < 4.78 is 0. The molecule has 0 spiro atoms. The summed E-state index contributed by atoms with van der Waals surface area (Å²) in [5.74, 6) is 1.03. The second-order valence-corrected chi connectivity index (χ2v) is 5.10. The van der Waals surface area contributed by atoms with E-state index in [-0.39, 0.29) is 11.8 Å². The lowest BCUT2D eigenvalue weighted by molar-refractivity contribution is -0.126. The first-order valence-corrected chi connectivity index (χ1v) is 6.27. The van der Waals surface area contributed by atoms with Gasteiger partial charge in [-0.05, 0) is 30.4 Å². The Balaban J connectivity index is 2.08. The summed E-state index contributed by atoms with van der Waals surface area (Å²) in [6.45, 7) is 4.22. The second-order valence-electron chi connectivity index (χ2n) is 5.10. The number of hydrogen-bond acceptors (Lipinski definition) is 2. The minimum atomic E-state index is 0.102. The highest BCUT2D eigenvalue weighted by Gasteiger charge is 2.29. The van der Waals surface area contributed by atoms with Crippen LogP contribution in [0, 0.1) is 17.8 Å². The Morgan fingerprint density at radius 2 is 2.29 bits per heavy atom. The standard InChI is InChI=1S/C15H19NO/c1-11(2)14-7-3-6-13(15(14)17)9-12-5-4-8-16-10-12/h3-5,7-8,10-11,13-14H,6,9H2,1-2H3. The number of allylic oxidation sites excluding steroid dienone is 2. The van der Waals surface area contributed by atoms with Gasteiger partial charge in [-0.15, -0.1) is 0 Å². The molecule has 1 aliphatic rings. The van der Waals surface area contributed by atoms with E-state index in [9.17, 15) is 4.79 Å². The molecule has 0 saturated heterocycles. The van der Waals surface area contributed by atoms with Gasteiger partial charge < -0.3 is 0 Å². The number of carbonyl (C=O) groups excluding carboxylic acids is 1. The Kier molecular flexibility index (Phi) is 3.72. The molecule has 1 heterocycles.